The van der Waals surface area contributed by atoms with Gasteiger partial charge in [0.1, 0.15) is 12.2 Å². The monoisotopic (exact) mass is 342 g/mol. The Bertz CT molecular complexity index is 694. The highest BCUT2D eigenvalue weighted by Crippen LogP contribution is 2.20. The highest BCUT2D eigenvalue weighted by Gasteiger charge is 2.26. The third-order valence-corrected chi connectivity index (χ3v) is 3.72. The summed E-state index contributed by atoms with van der Waals surface area (Å²) < 4.78 is 32.2. The molecule has 0 fully saturated rings. The minimum Gasteiger partial charge on any atom is -0.444 e. The highest BCUT2D eigenvalue weighted by molar-refractivity contribution is 7.85. The van der Waals surface area contributed by atoms with Crippen LogP contribution in [0.15, 0.2) is 12.1 Å². The van der Waals surface area contributed by atoms with Gasteiger partial charge in [-0.05, 0) is 32.4 Å². The second kappa shape index (κ2) is 6.45. The van der Waals surface area contributed by atoms with E-state index in [4.69, 9.17) is 8.92 Å². The van der Waals surface area contributed by atoms with Crippen LogP contribution in [-0.4, -0.2) is 42.8 Å². The van der Waals surface area contributed by atoms with Crippen molar-refractivity contribution in [2.75, 3.05) is 12.8 Å². The van der Waals surface area contributed by atoms with Crippen molar-refractivity contribution in [1.82, 2.24) is 9.88 Å². The Hall–Kier alpha value is -1.67. The number of rotatable bonds is 3. The van der Waals surface area contributed by atoms with E-state index in [1.165, 1.54) is 0 Å². The number of nitrogens with zero attached hydrogens (tertiary/aromatic N) is 2. The molecule has 2 rings (SSSR count). The van der Waals surface area contributed by atoms with Crippen LogP contribution < -0.4 is 0 Å². The molecule has 1 aromatic rings. The molecule has 128 valence electrons. The Balaban J connectivity index is 2.04. The zero-order valence-electron chi connectivity index (χ0n) is 13.8. The van der Waals surface area contributed by atoms with E-state index < -0.39 is 15.7 Å². The normalized spacial score (nSPS) is 15.2. The van der Waals surface area contributed by atoms with Gasteiger partial charge in [-0.2, -0.15) is 8.42 Å². The Kier molecular flexibility index (Phi) is 4.95. The number of carbonyl (C=O) groups excluding carboxylic acids is 1. The molecule has 7 nitrogen and oxygen atoms in total. The van der Waals surface area contributed by atoms with Gasteiger partial charge in [0.15, 0.2) is 0 Å². The van der Waals surface area contributed by atoms with E-state index in [1.54, 1.807) is 11.0 Å². The summed E-state index contributed by atoms with van der Waals surface area (Å²) in [7, 11) is -3.49. The Morgan fingerprint density at radius 1 is 1.35 bits per heavy atom. The van der Waals surface area contributed by atoms with Crippen molar-refractivity contribution < 1.29 is 22.1 Å². The van der Waals surface area contributed by atoms with Gasteiger partial charge in [-0.25, -0.2) is 4.79 Å². The van der Waals surface area contributed by atoms with Crippen LogP contribution in [-0.2, 0) is 38.6 Å². The maximum absolute atomic E-state index is 12.1. The lowest BCUT2D eigenvalue weighted by Crippen LogP contribution is -2.40. The average Bonchev–Trinajstić information content (AvgIpc) is 2.41. The number of pyridine rings is 1. The van der Waals surface area contributed by atoms with E-state index in [0.29, 0.717) is 25.2 Å². The molecule has 0 atom stereocenters. The van der Waals surface area contributed by atoms with Crippen molar-refractivity contribution in [3.05, 3.63) is 29.1 Å². The van der Waals surface area contributed by atoms with Crippen molar-refractivity contribution in [3.8, 4) is 0 Å². The summed E-state index contributed by atoms with van der Waals surface area (Å²) in [5.41, 5.74) is 1.83. The molecule has 1 aliphatic heterocycles. The van der Waals surface area contributed by atoms with E-state index in [2.05, 4.69) is 4.98 Å². The number of aromatic nitrogens is 1. The van der Waals surface area contributed by atoms with Crippen LogP contribution in [0.5, 0.6) is 0 Å². The number of fused-ring (bicyclic) bond motifs is 1. The maximum atomic E-state index is 12.1. The first-order valence-corrected chi connectivity index (χ1v) is 9.15. The second-order valence-corrected chi connectivity index (χ2v) is 8.17. The molecular weight excluding hydrogens is 320 g/mol. The number of amides is 1. The molecule has 0 saturated heterocycles. The lowest BCUT2D eigenvalue weighted by molar-refractivity contribution is 0.0222. The van der Waals surface area contributed by atoms with Crippen molar-refractivity contribution in [1.29, 1.82) is 0 Å². The molecule has 2 heterocycles. The van der Waals surface area contributed by atoms with Crippen LogP contribution >= 0.6 is 0 Å². The van der Waals surface area contributed by atoms with E-state index in [-0.39, 0.29) is 12.7 Å². The van der Waals surface area contributed by atoms with Crippen LogP contribution in [0.4, 0.5) is 4.79 Å². The molecule has 23 heavy (non-hydrogen) atoms. The molecule has 0 spiro atoms. The van der Waals surface area contributed by atoms with E-state index in [9.17, 15) is 13.2 Å². The molecule has 0 N–H and O–H groups in total. The van der Waals surface area contributed by atoms with Crippen LogP contribution in [0.25, 0.3) is 0 Å². The predicted molar refractivity (Wildman–Crippen MR) is 84.2 cm³/mol. The van der Waals surface area contributed by atoms with Crippen LogP contribution in [0.2, 0.25) is 0 Å². The van der Waals surface area contributed by atoms with Gasteiger partial charge in [-0.1, -0.05) is 6.07 Å². The lowest BCUT2D eigenvalue weighted by atomic mass is 10.1. The SMILES string of the molecule is CC(C)(C)OC(=O)N1CCc2nc(COS(C)(=O)=O)ccc2C1. The largest absolute Gasteiger partial charge is 0.444 e. The summed E-state index contributed by atoms with van der Waals surface area (Å²) in [6.45, 7) is 6.37. The standard InChI is InChI=1S/C15H22N2O5S/c1-15(2,3)22-14(18)17-8-7-13-11(9-17)5-6-12(16-13)10-21-23(4,19)20/h5-6H,7-10H2,1-4H3. The zero-order chi connectivity index (χ0) is 17.3. The zero-order valence-corrected chi connectivity index (χ0v) is 14.6. The molecule has 0 bridgehead atoms. The molecular formula is C15H22N2O5S. The molecule has 1 aromatic heterocycles. The fraction of sp³-hybridized carbons (Fsp3) is 0.600. The van der Waals surface area contributed by atoms with Gasteiger partial charge >= 0.3 is 6.09 Å². The molecule has 1 amide bonds. The number of hydrogen-bond acceptors (Lipinski definition) is 6. The smallest absolute Gasteiger partial charge is 0.410 e. The summed E-state index contributed by atoms with van der Waals surface area (Å²) in [6, 6.07) is 3.56. The van der Waals surface area contributed by atoms with Gasteiger partial charge in [0, 0.05) is 18.7 Å². The van der Waals surface area contributed by atoms with Gasteiger partial charge in [-0.3, -0.25) is 9.17 Å². The fourth-order valence-corrected chi connectivity index (χ4v) is 2.53. The molecule has 0 saturated carbocycles. The van der Waals surface area contributed by atoms with Gasteiger partial charge < -0.3 is 9.64 Å². The van der Waals surface area contributed by atoms with Crippen LogP contribution in [0, 0.1) is 0 Å². The van der Waals surface area contributed by atoms with E-state index >= 15 is 0 Å². The molecule has 0 aromatic carbocycles. The summed E-state index contributed by atoms with van der Waals surface area (Å²) in [6.07, 6.45) is 1.26. The molecule has 8 heteroatoms. The number of ether oxygens (including phenoxy) is 1. The Labute approximate surface area is 136 Å². The Morgan fingerprint density at radius 2 is 2.04 bits per heavy atom. The summed E-state index contributed by atoms with van der Waals surface area (Å²) in [5, 5.41) is 0. The third kappa shape index (κ3) is 5.47. The van der Waals surface area contributed by atoms with Crippen LogP contribution in [0.1, 0.15) is 37.7 Å². The second-order valence-electron chi connectivity index (χ2n) is 6.53. The Morgan fingerprint density at radius 3 is 2.65 bits per heavy atom. The predicted octanol–water partition coefficient (Wildman–Crippen LogP) is 1.85. The van der Waals surface area contributed by atoms with Gasteiger partial charge in [0.25, 0.3) is 10.1 Å². The van der Waals surface area contributed by atoms with Crippen molar-refractivity contribution in [2.24, 2.45) is 0 Å². The van der Waals surface area contributed by atoms with E-state index in [0.717, 1.165) is 17.5 Å². The van der Waals surface area contributed by atoms with E-state index in [1.807, 2.05) is 26.8 Å². The average molecular weight is 342 g/mol. The van der Waals surface area contributed by atoms with Crippen LogP contribution in [0.3, 0.4) is 0 Å². The quantitative estimate of drug-likeness (QED) is 0.779. The number of hydrogen-bond donors (Lipinski definition) is 0. The highest BCUT2D eigenvalue weighted by atomic mass is 32.2. The van der Waals surface area contributed by atoms with Gasteiger partial charge in [0.2, 0.25) is 0 Å². The molecule has 0 unspecified atom stereocenters. The van der Waals surface area contributed by atoms with Gasteiger partial charge in [-0.15, -0.1) is 0 Å². The minimum absolute atomic E-state index is 0.0815. The third-order valence-electron chi connectivity index (χ3n) is 3.18. The lowest BCUT2D eigenvalue weighted by Gasteiger charge is -2.30. The summed E-state index contributed by atoms with van der Waals surface area (Å²) in [4.78, 5) is 18.2. The number of carbonyl (C=O) groups is 1. The first-order chi connectivity index (χ1) is 10.5. The van der Waals surface area contributed by atoms with Crippen molar-refractivity contribution in [2.45, 2.75) is 45.9 Å². The van der Waals surface area contributed by atoms with Crippen molar-refractivity contribution in [3.63, 3.8) is 0 Å². The maximum Gasteiger partial charge on any atom is 0.410 e. The fourth-order valence-electron chi connectivity index (χ4n) is 2.19. The summed E-state index contributed by atoms with van der Waals surface area (Å²) in [5.74, 6) is 0. The van der Waals surface area contributed by atoms with Gasteiger partial charge in [0.05, 0.1) is 18.5 Å². The molecule has 1 aliphatic rings. The molecule has 0 aliphatic carbocycles. The van der Waals surface area contributed by atoms with Crippen molar-refractivity contribution >= 4 is 16.2 Å². The minimum atomic E-state index is -3.49. The molecule has 0 radical (unpaired) electrons. The first kappa shape index (κ1) is 17.7. The topological polar surface area (TPSA) is 85.8 Å². The first-order valence-electron chi connectivity index (χ1n) is 7.33. The summed E-state index contributed by atoms with van der Waals surface area (Å²) >= 11 is 0.